The minimum Gasteiger partial charge on any atom is -0.497 e. The number of nitrogens with two attached hydrogens (primary N) is 1. The highest BCUT2D eigenvalue weighted by Crippen LogP contribution is 2.32. The SMILES string of the molecule is COc1ccc(NC(=O)N2c3ccccc3CC2C(N)=O)cc1. The van der Waals surface area contributed by atoms with E-state index in [4.69, 9.17) is 10.5 Å². The van der Waals surface area contributed by atoms with Gasteiger partial charge in [-0.25, -0.2) is 4.79 Å². The molecular weight excluding hydrogens is 294 g/mol. The smallest absolute Gasteiger partial charge is 0.327 e. The molecule has 0 fully saturated rings. The summed E-state index contributed by atoms with van der Waals surface area (Å²) in [5.41, 5.74) is 7.72. The highest BCUT2D eigenvalue weighted by atomic mass is 16.5. The Morgan fingerprint density at radius 3 is 2.52 bits per heavy atom. The quantitative estimate of drug-likeness (QED) is 0.911. The summed E-state index contributed by atoms with van der Waals surface area (Å²) < 4.78 is 5.08. The van der Waals surface area contributed by atoms with Crippen molar-refractivity contribution in [3.63, 3.8) is 0 Å². The number of ether oxygens (including phenoxy) is 1. The van der Waals surface area contributed by atoms with Gasteiger partial charge >= 0.3 is 6.03 Å². The highest BCUT2D eigenvalue weighted by Gasteiger charge is 2.37. The molecule has 0 saturated carbocycles. The number of methoxy groups -OCH3 is 1. The van der Waals surface area contributed by atoms with Gasteiger partial charge in [0.2, 0.25) is 5.91 Å². The second-order valence-corrected chi connectivity index (χ2v) is 5.28. The lowest BCUT2D eigenvalue weighted by atomic mass is 10.1. The van der Waals surface area contributed by atoms with Crippen molar-refractivity contribution in [2.24, 2.45) is 5.73 Å². The average Bonchev–Trinajstić information content (AvgIpc) is 2.95. The zero-order valence-corrected chi connectivity index (χ0v) is 12.7. The largest absolute Gasteiger partial charge is 0.497 e. The molecule has 0 saturated heterocycles. The maximum Gasteiger partial charge on any atom is 0.327 e. The molecule has 2 aromatic carbocycles. The van der Waals surface area contributed by atoms with E-state index in [1.807, 2.05) is 24.3 Å². The van der Waals surface area contributed by atoms with Crippen LogP contribution in [0.25, 0.3) is 0 Å². The van der Waals surface area contributed by atoms with Gasteiger partial charge in [-0.1, -0.05) is 18.2 Å². The van der Waals surface area contributed by atoms with Crippen LogP contribution in [0.5, 0.6) is 5.75 Å². The number of anilines is 2. The third-order valence-corrected chi connectivity index (χ3v) is 3.86. The number of urea groups is 1. The normalized spacial score (nSPS) is 15.9. The summed E-state index contributed by atoms with van der Waals surface area (Å²) in [5, 5.41) is 2.78. The van der Waals surface area contributed by atoms with E-state index in [2.05, 4.69) is 5.32 Å². The first-order chi connectivity index (χ1) is 11.1. The summed E-state index contributed by atoms with van der Waals surface area (Å²) in [6.45, 7) is 0. The van der Waals surface area contributed by atoms with Gasteiger partial charge in [0.25, 0.3) is 0 Å². The van der Waals surface area contributed by atoms with Crippen molar-refractivity contribution < 1.29 is 14.3 Å². The van der Waals surface area contributed by atoms with Crippen LogP contribution in [-0.2, 0) is 11.2 Å². The standard InChI is InChI=1S/C17H17N3O3/c1-23-13-8-6-12(7-9-13)19-17(22)20-14-5-3-2-4-11(14)10-15(20)16(18)21/h2-9,15H,10H2,1H3,(H2,18,21)(H,19,22). The Morgan fingerprint density at radius 2 is 1.87 bits per heavy atom. The van der Waals surface area contributed by atoms with Gasteiger partial charge in [0.05, 0.1) is 7.11 Å². The molecule has 0 bridgehead atoms. The highest BCUT2D eigenvalue weighted by molar-refractivity contribution is 6.08. The lowest BCUT2D eigenvalue weighted by Gasteiger charge is -2.23. The van der Waals surface area contributed by atoms with Gasteiger partial charge in [0, 0.05) is 17.8 Å². The molecule has 3 N–H and O–H groups in total. The Labute approximate surface area is 133 Å². The molecule has 6 nitrogen and oxygen atoms in total. The van der Waals surface area contributed by atoms with E-state index in [9.17, 15) is 9.59 Å². The number of rotatable bonds is 3. The van der Waals surface area contributed by atoms with E-state index >= 15 is 0 Å². The van der Waals surface area contributed by atoms with Crippen LogP contribution < -0.4 is 20.7 Å². The molecule has 1 unspecified atom stereocenters. The molecule has 0 aromatic heterocycles. The van der Waals surface area contributed by atoms with Crippen molar-refractivity contribution in [2.45, 2.75) is 12.5 Å². The van der Waals surface area contributed by atoms with E-state index in [-0.39, 0.29) is 6.03 Å². The number of carbonyl (C=O) groups is 2. The van der Waals surface area contributed by atoms with Crippen LogP contribution >= 0.6 is 0 Å². The topological polar surface area (TPSA) is 84.7 Å². The Hall–Kier alpha value is -3.02. The summed E-state index contributed by atoms with van der Waals surface area (Å²) >= 11 is 0. The molecule has 118 valence electrons. The van der Waals surface area contributed by atoms with E-state index in [0.29, 0.717) is 23.5 Å². The molecular formula is C17H17N3O3. The molecule has 23 heavy (non-hydrogen) atoms. The number of amides is 3. The Kier molecular flexibility index (Phi) is 3.89. The van der Waals surface area contributed by atoms with Crippen molar-refractivity contribution in [3.8, 4) is 5.75 Å². The summed E-state index contributed by atoms with van der Waals surface area (Å²) in [6, 6.07) is 13.3. The third-order valence-electron chi connectivity index (χ3n) is 3.86. The van der Waals surface area contributed by atoms with Gasteiger partial charge in [-0.3, -0.25) is 9.69 Å². The average molecular weight is 311 g/mol. The minimum atomic E-state index is -0.675. The van der Waals surface area contributed by atoms with Crippen LogP contribution in [0.15, 0.2) is 48.5 Å². The molecule has 3 amide bonds. The molecule has 3 rings (SSSR count). The molecule has 1 aliphatic heterocycles. The zero-order chi connectivity index (χ0) is 16.4. The van der Waals surface area contributed by atoms with Gasteiger partial charge in [-0.2, -0.15) is 0 Å². The summed E-state index contributed by atoms with van der Waals surface area (Å²) in [5.74, 6) is 0.176. The van der Waals surface area contributed by atoms with Crippen LogP contribution in [0, 0.1) is 0 Å². The fourth-order valence-corrected chi connectivity index (χ4v) is 2.72. The number of primary amides is 1. The fourth-order valence-electron chi connectivity index (χ4n) is 2.72. The number of benzene rings is 2. The molecule has 1 atom stereocenters. The first-order valence-corrected chi connectivity index (χ1v) is 7.21. The summed E-state index contributed by atoms with van der Waals surface area (Å²) in [4.78, 5) is 25.7. The molecule has 1 heterocycles. The first kappa shape index (κ1) is 14.9. The van der Waals surface area contributed by atoms with Crippen LogP contribution in [-0.4, -0.2) is 25.1 Å². The number of fused-ring (bicyclic) bond motifs is 1. The van der Waals surface area contributed by atoms with E-state index in [1.165, 1.54) is 4.90 Å². The predicted molar refractivity (Wildman–Crippen MR) is 87.6 cm³/mol. The molecule has 1 aliphatic rings. The minimum absolute atomic E-state index is 0.385. The molecule has 2 aromatic rings. The lowest BCUT2D eigenvalue weighted by Crippen LogP contribution is -2.47. The van der Waals surface area contributed by atoms with Gasteiger partial charge in [-0.15, -0.1) is 0 Å². The second-order valence-electron chi connectivity index (χ2n) is 5.28. The summed E-state index contributed by atoms with van der Waals surface area (Å²) in [6.07, 6.45) is 0.432. The van der Waals surface area contributed by atoms with Crippen LogP contribution in [0.4, 0.5) is 16.2 Å². The monoisotopic (exact) mass is 311 g/mol. The second kappa shape index (κ2) is 6.00. The van der Waals surface area contributed by atoms with E-state index in [1.54, 1.807) is 31.4 Å². The fraction of sp³-hybridized carbons (Fsp3) is 0.176. The lowest BCUT2D eigenvalue weighted by molar-refractivity contribution is -0.119. The van der Waals surface area contributed by atoms with Gasteiger partial charge in [0.1, 0.15) is 11.8 Å². The number of para-hydroxylation sites is 1. The van der Waals surface area contributed by atoms with Crippen LogP contribution in [0.2, 0.25) is 0 Å². The Balaban J connectivity index is 1.85. The van der Waals surface area contributed by atoms with Crippen molar-refractivity contribution in [1.29, 1.82) is 0 Å². The van der Waals surface area contributed by atoms with Crippen LogP contribution in [0.1, 0.15) is 5.56 Å². The third kappa shape index (κ3) is 2.83. The number of carbonyl (C=O) groups excluding carboxylic acids is 2. The number of nitrogens with zero attached hydrogens (tertiary/aromatic N) is 1. The number of hydrogen-bond donors (Lipinski definition) is 2. The van der Waals surface area contributed by atoms with Crippen LogP contribution in [0.3, 0.4) is 0 Å². The molecule has 0 aliphatic carbocycles. The van der Waals surface area contributed by atoms with Crippen molar-refractivity contribution >= 4 is 23.3 Å². The molecule has 0 radical (unpaired) electrons. The summed E-state index contributed by atoms with van der Waals surface area (Å²) in [7, 11) is 1.58. The van der Waals surface area contributed by atoms with E-state index < -0.39 is 11.9 Å². The maximum absolute atomic E-state index is 12.6. The zero-order valence-electron chi connectivity index (χ0n) is 12.7. The van der Waals surface area contributed by atoms with Crippen molar-refractivity contribution in [1.82, 2.24) is 0 Å². The molecule has 6 heteroatoms. The van der Waals surface area contributed by atoms with Gasteiger partial charge in [0.15, 0.2) is 0 Å². The van der Waals surface area contributed by atoms with E-state index in [0.717, 1.165) is 5.56 Å². The number of hydrogen-bond acceptors (Lipinski definition) is 3. The van der Waals surface area contributed by atoms with Crippen molar-refractivity contribution in [2.75, 3.05) is 17.3 Å². The Morgan fingerprint density at radius 1 is 1.17 bits per heavy atom. The first-order valence-electron chi connectivity index (χ1n) is 7.21. The van der Waals surface area contributed by atoms with Gasteiger partial charge in [-0.05, 0) is 35.9 Å². The Bertz CT molecular complexity index is 743. The predicted octanol–water partition coefficient (Wildman–Crippen LogP) is 2.14. The molecule has 0 spiro atoms. The maximum atomic E-state index is 12.6. The van der Waals surface area contributed by atoms with Crippen molar-refractivity contribution in [3.05, 3.63) is 54.1 Å². The van der Waals surface area contributed by atoms with Gasteiger partial charge < -0.3 is 15.8 Å². The number of nitrogens with one attached hydrogen (secondary N) is 1.